The minimum absolute atomic E-state index is 0.262. The molecule has 0 aromatic carbocycles. The molecular formula is C15H28N2O4. The summed E-state index contributed by atoms with van der Waals surface area (Å²) in [7, 11) is 1.65. The van der Waals surface area contributed by atoms with E-state index in [0.717, 1.165) is 25.7 Å². The van der Waals surface area contributed by atoms with E-state index in [4.69, 9.17) is 29.9 Å². The molecule has 0 aliphatic heterocycles. The van der Waals surface area contributed by atoms with E-state index in [0.29, 0.717) is 46.2 Å². The summed E-state index contributed by atoms with van der Waals surface area (Å²) in [6.07, 6.45) is 3.73. The molecule has 1 fully saturated rings. The smallest absolute Gasteiger partial charge is 0.107 e. The van der Waals surface area contributed by atoms with Crippen molar-refractivity contribution in [1.82, 2.24) is 0 Å². The van der Waals surface area contributed by atoms with Crippen LogP contribution in [0.15, 0.2) is 0 Å². The lowest BCUT2D eigenvalue weighted by molar-refractivity contribution is 0.00173. The van der Waals surface area contributed by atoms with Crippen molar-refractivity contribution in [3.05, 3.63) is 0 Å². The van der Waals surface area contributed by atoms with Gasteiger partial charge in [0.2, 0.25) is 0 Å². The van der Waals surface area contributed by atoms with Gasteiger partial charge in [-0.3, -0.25) is 0 Å². The lowest BCUT2D eigenvalue weighted by atomic mass is 9.87. The molecule has 0 heterocycles. The monoisotopic (exact) mass is 300 g/mol. The molecule has 0 spiro atoms. The van der Waals surface area contributed by atoms with E-state index in [1.165, 1.54) is 0 Å². The van der Waals surface area contributed by atoms with Gasteiger partial charge in [0, 0.05) is 13.7 Å². The van der Waals surface area contributed by atoms with Gasteiger partial charge in [-0.05, 0) is 25.2 Å². The van der Waals surface area contributed by atoms with Gasteiger partial charge in [-0.25, -0.2) is 0 Å². The first-order valence-corrected chi connectivity index (χ1v) is 7.65. The average molecular weight is 300 g/mol. The van der Waals surface area contributed by atoms with Gasteiger partial charge in [0.15, 0.2) is 0 Å². The molecule has 0 amide bonds. The summed E-state index contributed by atoms with van der Waals surface area (Å²) in [6, 6.07) is 2.25. The van der Waals surface area contributed by atoms with Crippen molar-refractivity contribution in [1.29, 1.82) is 5.26 Å². The van der Waals surface area contributed by atoms with Gasteiger partial charge in [-0.1, -0.05) is 6.42 Å². The van der Waals surface area contributed by atoms with Crippen LogP contribution in [-0.4, -0.2) is 58.9 Å². The number of nitrogens with zero attached hydrogens (tertiary/aromatic N) is 1. The second-order valence-corrected chi connectivity index (χ2v) is 5.36. The third-order valence-corrected chi connectivity index (χ3v) is 3.87. The van der Waals surface area contributed by atoms with Gasteiger partial charge in [0.25, 0.3) is 0 Å². The van der Waals surface area contributed by atoms with Gasteiger partial charge in [0.1, 0.15) is 5.54 Å². The van der Waals surface area contributed by atoms with E-state index < -0.39 is 5.54 Å². The van der Waals surface area contributed by atoms with Crippen LogP contribution in [-0.2, 0) is 18.9 Å². The number of rotatable bonds is 12. The highest BCUT2D eigenvalue weighted by molar-refractivity contribution is 5.11. The lowest BCUT2D eigenvalue weighted by Crippen LogP contribution is -2.42. The SMILES string of the molecule is COCCOCCOCCOCCC1CCCC1(N)C#N. The largest absolute Gasteiger partial charge is 0.382 e. The topological polar surface area (TPSA) is 86.7 Å². The van der Waals surface area contributed by atoms with E-state index in [2.05, 4.69) is 6.07 Å². The predicted molar refractivity (Wildman–Crippen MR) is 78.8 cm³/mol. The Morgan fingerprint density at radius 3 is 2.19 bits per heavy atom. The van der Waals surface area contributed by atoms with E-state index >= 15 is 0 Å². The molecule has 1 aliphatic carbocycles. The number of hydrogen-bond donors (Lipinski definition) is 1. The van der Waals surface area contributed by atoms with E-state index in [1.807, 2.05) is 0 Å². The fourth-order valence-corrected chi connectivity index (χ4v) is 2.56. The van der Waals surface area contributed by atoms with Crippen LogP contribution >= 0.6 is 0 Å². The number of nitrogens with two attached hydrogens (primary N) is 1. The van der Waals surface area contributed by atoms with Crippen LogP contribution in [0.5, 0.6) is 0 Å². The zero-order valence-electron chi connectivity index (χ0n) is 13.0. The van der Waals surface area contributed by atoms with E-state index in [1.54, 1.807) is 7.11 Å². The zero-order valence-corrected chi connectivity index (χ0v) is 13.0. The standard InChI is InChI=1S/C15H28N2O4/c1-18-7-8-20-11-12-21-10-9-19-6-4-14-3-2-5-15(14,17)13-16/h14H,2-12,17H2,1H3. The van der Waals surface area contributed by atoms with Crippen molar-refractivity contribution in [2.24, 2.45) is 11.7 Å². The summed E-state index contributed by atoms with van der Waals surface area (Å²) in [6.45, 7) is 4.10. The normalized spacial score (nSPS) is 25.1. The molecule has 2 unspecified atom stereocenters. The van der Waals surface area contributed by atoms with Gasteiger partial charge in [-0.15, -0.1) is 0 Å². The Kier molecular flexibility index (Phi) is 9.55. The number of nitriles is 1. The van der Waals surface area contributed by atoms with Crippen LogP contribution < -0.4 is 5.73 Å². The first-order chi connectivity index (χ1) is 10.2. The Labute approximate surface area is 127 Å². The molecule has 0 aromatic rings. The third kappa shape index (κ3) is 7.21. The maximum absolute atomic E-state index is 9.12. The van der Waals surface area contributed by atoms with Gasteiger partial charge >= 0.3 is 0 Å². The summed E-state index contributed by atoms with van der Waals surface area (Å²) in [5.74, 6) is 0.262. The van der Waals surface area contributed by atoms with Gasteiger partial charge < -0.3 is 24.7 Å². The predicted octanol–water partition coefficient (Wildman–Crippen LogP) is 1.09. The minimum atomic E-state index is -0.639. The van der Waals surface area contributed by atoms with Crippen molar-refractivity contribution in [3.63, 3.8) is 0 Å². The molecule has 2 N–H and O–H groups in total. The van der Waals surface area contributed by atoms with Crippen LogP contribution in [0, 0.1) is 17.2 Å². The van der Waals surface area contributed by atoms with Gasteiger partial charge in [-0.2, -0.15) is 5.26 Å². The van der Waals surface area contributed by atoms with E-state index in [-0.39, 0.29) is 5.92 Å². The molecule has 1 saturated carbocycles. The molecule has 1 rings (SSSR count). The molecule has 6 nitrogen and oxygen atoms in total. The van der Waals surface area contributed by atoms with Crippen LogP contribution in [0.2, 0.25) is 0 Å². The van der Waals surface area contributed by atoms with Crippen molar-refractivity contribution in [3.8, 4) is 6.07 Å². The second kappa shape index (κ2) is 10.9. The molecule has 0 aromatic heterocycles. The van der Waals surface area contributed by atoms with Crippen LogP contribution in [0.3, 0.4) is 0 Å². The summed E-state index contributed by atoms with van der Waals surface area (Å²) in [5, 5.41) is 9.12. The summed E-state index contributed by atoms with van der Waals surface area (Å²) < 4.78 is 21.0. The van der Waals surface area contributed by atoms with Crippen LogP contribution in [0.1, 0.15) is 25.7 Å². The Bertz CT molecular complexity index is 309. The molecule has 1 aliphatic rings. The van der Waals surface area contributed by atoms with Crippen molar-refractivity contribution < 1.29 is 18.9 Å². The second-order valence-electron chi connectivity index (χ2n) is 5.36. The highest BCUT2D eigenvalue weighted by Gasteiger charge is 2.39. The summed E-state index contributed by atoms with van der Waals surface area (Å²) in [5.41, 5.74) is 5.43. The van der Waals surface area contributed by atoms with Crippen LogP contribution in [0.25, 0.3) is 0 Å². The Balaban J connectivity index is 1.88. The Hall–Kier alpha value is -0.710. The first kappa shape index (κ1) is 18.3. The molecule has 0 bridgehead atoms. The molecule has 6 heteroatoms. The van der Waals surface area contributed by atoms with Crippen LogP contribution in [0.4, 0.5) is 0 Å². The van der Waals surface area contributed by atoms with Gasteiger partial charge in [0.05, 0.1) is 45.7 Å². The number of hydrogen-bond acceptors (Lipinski definition) is 6. The third-order valence-electron chi connectivity index (χ3n) is 3.87. The van der Waals surface area contributed by atoms with Crippen molar-refractivity contribution in [2.45, 2.75) is 31.2 Å². The highest BCUT2D eigenvalue weighted by Crippen LogP contribution is 2.35. The zero-order chi connectivity index (χ0) is 15.4. The molecule has 0 radical (unpaired) electrons. The minimum Gasteiger partial charge on any atom is -0.382 e. The van der Waals surface area contributed by atoms with E-state index in [9.17, 15) is 0 Å². The summed E-state index contributed by atoms with van der Waals surface area (Å²) >= 11 is 0. The number of methoxy groups -OCH3 is 1. The first-order valence-electron chi connectivity index (χ1n) is 7.65. The average Bonchev–Trinajstić information content (AvgIpc) is 2.86. The van der Waals surface area contributed by atoms with Crippen molar-refractivity contribution >= 4 is 0 Å². The maximum atomic E-state index is 9.12. The molecular weight excluding hydrogens is 272 g/mol. The molecule has 21 heavy (non-hydrogen) atoms. The number of ether oxygens (including phenoxy) is 4. The maximum Gasteiger partial charge on any atom is 0.107 e. The fourth-order valence-electron chi connectivity index (χ4n) is 2.56. The fraction of sp³-hybridized carbons (Fsp3) is 0.933. The Morgan fingerprint density at radius 2 is 1.62 bits per heavy atom. The molecule has 122 valence electrons. The lowest BCUT2D eigenvalue weighted by Gasteiger charge is -2.23. The quantitative estimate of drug-likeness (QED) is 0.543. The summed E-state index contributed by atoms with van der Waals surface area (Å²) in [4.78, 5) is 0. The molecule has 0 saturated heterocycles. The Morgan fingerprint density at radius 1 is 1.05 bits per heavy atom. The molecule has 2 atom stereocenters. The van der Waals surface area contributed by atoms with Crippen molar-refractivity contribution in [2.75, 3.05) is 53.4 Å². The highest BCUT2D eigenvalue weighted by atomic mass is 16.6.